The van der Waals surface area contributed by atoms with Crippen molar-refractivity contribution in [3.63, 3.8) is 0 Å². The molecule has 0 radical (unpaired) electrons. The predicted molar refractivity (Wildman–Crippen MR) is 111 cm³/mol. The molecule has 0 aliphatic rings. The Bertz CT molecular complexity index is 682. The fourth-order valence-electron chi connectivity index (χ4n) is 1.42. The van der Waals surface area contributed by atoms with Crippen molar-refractivity contribution in [1.82, 2.24) is 0 Å². The number of nitrogens with one attached hydrogen (secondary N) is 1. The van der Waals surface area contributed by atoms with Crippen LogP contribution in [0.3, 0.4) is 0 Å². The number of hydrogen-bond acceptors (Lipinski definition) is 5. The number of halogens is 5. The van der Waals surface area contributed by atoms with Gasteiger partial charge in [-0.1, -0.05) is 0 Å². The van der Waals surface area contributed by atoms with Crippen LogP contribution in [-0.4, -0.2) is 29.0 Å². The molecular weight excluding hydrogens is 690 g/mol. The van der Waals surface area contributed by atoms with Gasteiger partial charge in [-0.25, -0.2) is 4.79 Å². The minimum absolute atomic E-state index is 0.0548. The minimum Gasteiger partial charge on any atom is -0.441 e. The van der Waals surface area contributed by atoms with Gasteiger partial charge in [0.1, 0.15) is 0 Å². The molecule has 0 fully saturated rings. The number of Topliss-reactive ketones (excluding diaryl/α,β-unsaturated/α-hetero) is 1. The third-order valence-electron chi connectivity index (χ3n) is 2.34. The Morgan fingerprint density at radius 3 is 1.74 bits per heavy atom. The summed E-state index contributed by atoms with van der Waals surface area (Å²) in [7, 11) is 0. The highest BCUT2D eigenvalue weighted by molar-refractivity contribution is 14.1. The zero-order chi connectivity index (χ0) is 17.9. The van der Waals surface area contributed by atoms with Crippen molar-refractivity contribution >= 4 is 119 Å². The standard InChI is InChI=1S/C12H6Cl2I3NO5/c1-3(19)2-23-12(22)18-9-7(16)4(10(13)20)6(15)5(8(9)17)11(14)21/h2H2,1H3,(H,18,22). The van der Waals surface area contributed by atoms with Gasteiger partial charge in [0.05, 0.1) is 24.0 Å². The van der Waals surface area contributed by atoms with Crippen molar-refractivity contribution in [2.75, 3.05) is 11.9 Å². The molecule has 0 aromatic heterocycles. The second kappa shape index (κ2) is 9.10. The molecule has 0 atom stereocenters. The Hall–Kier alpha value is 0.270. The molecule has 124 valence electrons. The molecule has 1 aromatic carbocycles. The molecule has 0 heterocycles. The Labute approximate surface area is 181 Å². The number of amides is 1. The van der Waals surface area contributed by atoms with E-state index in [0.29, 0.717) is 10.7 Å². The summed E-state index contributed by atoms with van der Waals surface area (Å²) in [6.45, 7) is 0.867. The zero-order valence-corrected chi connectivity index (χ0v) is 19.1. The summed E-state index contributed by atoms with van der Waals surface area (Å²) in [5, 5.41) is 0.805. The van der Waals surface area contributed by atoms with Crippen molar-refractivity contribution in [2.24, 2.45) is 0 Å². The van der Waals surface area contributed by atoms with Crippen molar-refractivity contribution < 1.29 is 23.9 Å². The second-order valence-electron chi connectivity index (χ2n) is 4.02. The van der Waals surface area contributed by atoms with Crippen LogP contribution < -0.4 is 5.32 Å². The minimum atomic E-state index is -0.904. The lowest BCUT2D eigenvalue weighted by molar-refractivity contribution is -0.119. The molecule has 23 heavy (non-hydrogen) atoms. The van der Waals surface area contributed by atoms with Gasteiger partial charge in [-0.15, -0.1) is 0 Å². The molecule has 1 rings (SSSR count). The highest BCUT2D eigenvalue weighted by atomic mass is 127. The molecule has 0 spiro atoms. The van der Waals surface area contributed by atoms with E-state index >= 15 is 0 Å². The summed E-state index contributed by atoms with van der Waals surface area (Å²) in [6, 6.07) is 0. The molecule has 0 saturated heterocycles. The van der Waals surface area contributed by atoms with Crippen LogP contribution in [0.5, 0.6) is 0 Å². The number of rotatable bonds is 5. The van der Waals surface area contributed by atoms with Crippen LogP contribution in [0, 0.1) is 10.7 Å². The largest absolute Gasteiger partial charge is 0.441 e. The van der Waals surface area contributed by atoms with Gasteiger partial charge in [-0.3, -0.25) is 19.7 Å². The van der Waals surface area contributed by atoms with Crippen LogP contribution in [0.1, 0.15) is 27.6 Å². The number of carbonyl (C=O) groups excluding carboxylic acids is 4. The van der Waals surface area contributed by atoms with Crippen LogP contribution in [0.4, 0.5) is 10.5 Å². The van der Waals surface area contributed by atoms with Gasteiger partial charge in [-0.05, 0) is 97.9 Å². The van der Waals surface area contributed by atoms with E-state index in [2.05, 4.69) is 5.32 Å². The first-order valence-electron chi connectivity index (χ1n) is 5.61. The number of ketones is 1. The molecule has 1 N–H and O–H groups in total. The lowest BCUT2D eigenvalue weighted by Gasteiger charge is -2.16. The molecular formula is C12H6Cl2I3NO5. The molecule has 0 unspecified atom stereocenters. The fraction of sp³-hybridized carbons (Fsp3) is 0.167. The van der Waals surface area contributed by atoms with E-state index in [1.165, 1.54) is 6.92 Å². The van der Waals surface area contributed by atoms with E-state index in [4.69, 9.17) is 27.9 Å². The molecule has 0 saturated carbocycles. The maximum Gasteiger partial charge on any atom is 0.412 e. The van der Waals surface area contributed by atoms with Gasteiger partial charge in [0, 0.05) is 3.57 Å². The monoisotopic (exact) mass is 695 g/mol. The van der Waals surface area contributed by atoms with Crippen LogP contribution in [-0.2, 0) is 9.53 Å². The Balaban J connectivity index is 3.42. The van der Waals surface area contributed by atoms with Crippen molar-refractivity contribution in [3.05, 3.63) is 21.8 Å². The van der Waals surface area contributed by atoms with Crippen LogP contribution in [0.25, 0.3) is 0 Å². The zero-order valence-electron chi connectivity index (χ0n) is 11.1. The van der Waals surface area contributed by atoms with E-state index in [1.807, 2.05) is 45.2 Å². The number of hydrogen-bond donors (Lipinski definition) is 1. The van der Waals surface area contributed by atoms with Crippen LogP contribution >= 0.6 is 91.0 Å². The van der Waals surface area contributed by atoms with Crippen LogP contribution in [0.15, 0.2) is 0 Å². The maximum absolute atomic E-state index is 11.7. The summed E-state index contributed by atoms with van der Waals surface area (Å²) in [5.74, 6) is -0.333. The average Bonchev–Trinajstić information content (AvgIpc) is 2.40. The Morgan fingerprint density at radius 2 is 1.39 bits per heavy atom. The first kappa shape index (κ1) is 21.3. The molecule has 0 aliphatic heterocycles. The topological polar surface area (TPSA) is 89.5 Å². The predicted octanol–water partition coefficient (Wildman–Crippen LogP) is 4.40. The van der Waals surface area contributed by atoms with E-state index in [0.717, 1.165) is 0 Å². The lowest BCUT2D eigenvalue weighted by Crippen LogP contribution is -2.20. The lowest BCUT2D eigenvalue weighted by atomic mass is 10.1. The smallest absolute Gasteiger partial charge is 0.412 e. The molecule has 0 bridgehead atoms. The molecule has 1 amide bonds. The summed E-state index contributed by atoms with van der Waals surface area (Å²) >= 11 is 16.5. The highest BCUT2D eigenvalue weighted by Gasteiger charge is 2.27. The highest BCUT2D eigenvalue weighted by Crippen LogP contribution is 2.37. The molecule has 1 aromatic rings. The van der Waals surface area contributed by atoms with E-state index in [1.54, 1.807) is 22.6 Å². The third-order valence-corrected chi connectivity index (χ3v) is 5.96. The van der Waals surface area contributed by atoms with Crippen molar-refractivity contribution in [2.45, 2.75) is 6.92 Å². The Kier molecular flexibility index (Phi) is 8.43. The van der Waals surface area contributed by atoms with Crippen LogP contribution in [0.2, 0.25) is 0 Å². The summed E-state index contributed by atoms with van der Waals surface area (Å²) in [5.41, 5.74) is 0.270. The quantitative estimate of drug-likeness (QED) is 0.365. The summed E-state index contributed by atoms with van der Waals surface area (Å²) in [6.07, 6.45) is -0.904. The average molecular weight is 696 g/mol. The van der Waals surface area contributed by atoms with Gasteiger partial charge in [-0.2, -0.15) is 0 Å². The number of ether oxygens (including phenoxy) is 1. The van der Waals surface area contributed by atoms with E-state index in [9.17, 15) is 19.2 Å². The first-order chi connectivity index (χ1) is 10.6. The second-order valence-corrected chi connectivity index (χ2v) is 7.94. The molecule has 11 heteroatoms. The van der Waals surface area contributed by atoms with Gasteiger partial charge in [0.25, 0.3) is 10.5 Å². The maximum atomic E-state index is 11.7. The number of anilines is 1. The normalized spacial score (nSPS) is 10.2. The first-order valence-corrected chi connectivity index (χ1v) is 9.60. The SMILES string of the molecule is CC(=O)COC(=O)Nc1c(I)c(C(=O)Cl)c(I)c(C(=O)Cl)c1I. The van der Waals surface area contributed by atoms with E-state index < -0.39 is 23.2 Å². The summed E-state index contributed by atoms with van der Waals surface area (Å²) < 4.78 is 5.66. The summed E-state index contributed by atoms with van der Waals surface area (Å²) in [4.78, 5) is 45.8. The molecule has 6 nitrogen and oxygen atoms in total. The van der Waals surface area contributed by atoms with Crippen molar-refractivity contribution in [3.8, 4) is 0 Å². The van der Waals surface area contributed by atoms with Gasteiger partial charge >= 0.3 is 6.09 Å². The number of benzene rings is 1. The fourth-order valence-corrected chi connectivity index (χ4v) is 6.86. The third kappa shape index (κ3) is 5.37. The van der Waals surface area contributed by atoms with Gasteiger partial charge in [0.2, 0.25) is 0 Å². The number of carbonyl (C=O) groups is 4. The Morgan fingerprint density at radius 1 is 0.957 bits per heavy atom. The van der Waals surface area contributed by atoms with Gasteiger partial charge in [0.15, 0.2) is 12.4 Å². The van der Waals surface area contributed by atoms with Gasteiger partial charge < -0.3 is 4.74 Å². The molecule has 0 aliphatic carbocycles. The van der Waals surface area contributed by atoms with Crippen molar-refractivity contribution in [1.29, 1.82) is 0 Å². The van der Waals surface area contributed by atoms with E-state index in [-0.39, 0.29) is 22.6 Å².